The van der Waals surface area contributed by atoms with Gasteiger partial charge in [0.2, 0.25) is 0 Å². The van der Waals surface area contributed by atoms with Crippen LogP contribution in [0.1, 0.15) is 58.8 Å². The fourth-order valence-electron chi connectivity index (χ4n) is 2.92. The van der Waals surface area contributed by atoms with Crippen LogP contribution in [0.25, 0.3) is 0 Å². The average Bonchev–Trinajstić information content (AvgIpc) is 3.02. The van der Waals surface area contributed by atoms with Crippen molar-refractivity contribution in [2.24, 2.45) is 11.8 Å². The predicted octanol–water partition coefficient (Wildman–Crippen LogP) is 3.34. The Morgan fingerprint density at radius 1 is 0.786 bits per heavy atom. The van der Waals surface area contributed by atoms with Crippen molar-refractivity contribution in [3.63, 3.8) is 0 Å². The highest BCUT2D eigenvalue weighted by molar-refractivity contribution is 4.86. The van der Waals surface area contributed by atoms with E-state index < -0.39 is 0 Å². The monoisotopic (exact) mass is 195 g/mol. The quantitative estimate of drug-likeness (QED) is 0.725. The molecule has 2 atom stereocenters. The molecule has 0 aromatic heterocycles. The summed E-state index contributed by atoms with van der Waals surface area (Å²) in [6.07, 6.45) is 10.3. The van der Waals surface area contributed by atoms with Crippen molar-refractivity contribution in [3.8, 4) is 0 Å². The Hall–Kier alpha value is -0.0400. The first kappa shape index (κ1) is 10.5. The minimum Gasteiger partial charge on any atom is -0.311 e. The molecule has 0 heterocycles. The molecule has 0 saturated heterocycles. The molecule has 82 valence electrons. The van der Waals surface area contributed by atoms with Crippen LogP contribution in [-0.4, -0.2) is 12.1 Å². The lowest BCUT2D eigenvalue weighted by Crippen LogP contribution is -2.41. The van der Waals surface area contributed by atoms with Crippen LogP contribution in [0.15, 0.2) is 0 Å². The van der Waals surface area contributed by atoms with Crippen molar-refractivity contribution in [3.05, 3.63) is 0 Å². The molecule has 2 aliphatic carbocycles. The van der Waals surface area contributed by atoms with E-state index in [-0.39, 0.29) is 0 Å². The van der Waals surface area contributed by atoms with E-state index in [1.165, 1.54) is 44.9 Å². The first-order valence-corrected chi connectivity index (χ1v) is 6.53. The molecular weight excluding hydrogens is 170 g/mol. The van der Waals surface area contributed by atoms with Crippen molar-refractivity contribution < 1.29 is 0 Å². The molecule has 1 unspecified atom stereocenters. The first-order valence-electron chi connectivity index (χ1n) is 6.53. The van der Waals surface area contributed by atoms with Crippen molar-refractivity contribution in [2.75, 3.05) is 0 Å². The summed E-state index contributed by atoms with van der Waals surface area (Å²) in [5.74, 6) is 1.96. The Morgan fingerprint density at radius 2 is 1.29 bits per heavy atom. The molecule has 0 radical (unpaired) electrons. The van der Waals surface area contributed by atoms with Crippen LogP contribution < -0.4 is 5.32 Å². The van der Waals surface area contributed by atoms with Gasteiger partial charge in [0.15, 0.2) is 0 Å². The van der Waals surface area contributed by atoms with Gasteiger partial charge in [0.05, 0.1) is 0 Å². The van der Waals surface area contributed by atoms with Gasteiger partial charge in [-0.2, -0.15) is 0 Å². The number of nitrogens with one attached hydrogen (secondary N) is 1. The molecule has 2 fully saturated rings. The second kappa shape index (κ2) is 4.65. The van der Waals surface area contributed by atoms with E-state index in [0.29, 0.717) is 0 Å². The number of rotatable bonds is 4. The van der Waals surface area contributed by atoms with Gasteiger partial charge in [-0.15, -0.1) is 0 Å². The van der Waals surface area contributed by atoms with Crippen LogP contribution in [0.4, 0.5) is 0 Å². The molecule has 2 aliphatic rings. The smallest absolute Gasteiger partial charge is 0.00695 e. The van der Waals surface area contributed by atoms with Crippen LogP contribution in [0.3, 0.4) is 0 Å². The molecule has 2 saturated carbocycles. The van der Waals surface area contributed by atoms with Gasteiger partial charge in [0, 0.05) is 12.1 Å². The average molecular weight is 195 g/mol. The number of hydrogen-bond donors (Lipinski definition) is 1. The van der Waals surface area contributed by atoms with E-state index in [1.807, 2.05) is 0 Å². The molecule has 1 nitrogen and oxygen atoms in total. The lowest BCUT2D eigenvalue weighted by Gasteiger charge is -2.30. The van der Waals surface area contributed by atoms with Gasteiger partial charge >= 0.3 is 0 Å². The Bertz CT molecular complexity index is 168. The summed E-state index contributed by atoms with van der Waals surface area (Å²) in [4.78, 5) is 0. The summed E-state index contributed by atoms with van der Waals surface area (Å²) in [6.45, 7) is 4.77. The van der Waals surface area contributed by atoms with Gasteiger partial charge in [0.25, 0.3) is 0 Å². The SMILES string of the molecule is CC(N[C@@H](C)C1CCCCC1)C1CC1. The zero-order valence-corrected chi connectivity index (χ0v) is 9.76. The molecule has 2 rings (SSSR count). The minimum atomic E-state index is 0.755. The predicted molar refractivity (Wildman–Crippen MR) is 61.4 cm³/mol. The van der Waals surface area contributed by atoms with E-state index in [4.69, 9.17) is 0 Å². The summed E-state index contributed by atoms with van der Waals surface area (Å²) in [6, 6.07) is 1.53. The maximum atomic E-state index is 3.81. The van der Waals surface area contributed by atoms with E-state index >= 15 is 0 Å². The first-order chi connectivity index (χ1) is 6.77. The third-order valence-electron chi connectivity index (χ3n) is 4.21. The topological polar surface area (TPSA) is 12.0 Å². The Morgan fingerprint density at radius 3 is 1.79 bits per heavy atom. The second-order valence-electron chi connectivity index (χ2n) is 5.48. The minimum absolute atomic E-state index is 0.755. The van der Waals surface area contributed by atoms with Gasteiger partial charge in [0.1, 0.15) is 0 Å². The van der Waals surface area contributed by atoms with Crippen LogP contribution in [0.2, 0.25) is 0 Å². The maximum absolute atomic E-state index is 3.81. The highest BCUT2D eigenvalue weighted by Gasteiger charge is 2.30. The van der Waals surface area contributed by atoms with Crippen LogP contribution in [0.5, 0.6) is 0 Å². The lowest BCUT2D eigenvalue weighted by molar-refractivity contribution is 0.261. The van der Waals surface area contributed by atoms with Crippen molar-refractivity contribution in [2.45, 2.75) is 70.9 Å². The van der Waals surface area contributed by atoms with Crippen molar-refractivity contribution in [1.82, 2.24) is 5.32 Å². The molecule has 0 aromatic rings. The van der Waals surface area contributed by atoms with Gasteiger partial charge < -0.3 is 5.32 Å². The molecule has 14 heavy (non-hydrogen) atoms. The third kappa shape index (κ3) is 2.73. The van der Waals surface area contributed by atoms with Crippen molar-refractivity contribution >= 4 is 0 Å². The standard InChI is InChI=1S/C13H25N/c1-10(12-6-4-3-5-7-12)14-11(2)13-8-9-13/h10-14H,3-9H2,1-2H3/t10-,11?/m0/s1. The van der Waals surface area contributed by atoms with Crippen molar-refractivity contribution in [1.29, 1.82) is 0 Å². The highest BCUT2D eigenvalue weighted by atomic mass is 15.0. The molecule has 0 bridgehead atoms. The van der Waals surface area contributed by atoms with Crippen LogP contribution in [-0.2, 0) is 0 Å². The Kier molecular flexibility index (Phi) is 3.48. The van der Waals surface area contributed by atoms with E-state index in [9.17, 15) is 0 Å². The molecule has 1 heteroatoms. The summed E-state index contributed by atoms with van der Waals surface area (Å²) in [5.41, 5.74) is 0. The molecule has 1 N–H and O–H groups in total. The Labute approximate surface area is 88.7 Å². The largest absolute Gasteiger partial charge is 0.311 e. The normalized spacial score (nSPS) is 28.7. The molecular formula is C13H25N. The zero-order valence-electron chi connectivity index (χ0n) is 9.76. The number of hydrogen-bond acceptors (Lipinski definition) is 1. The van der Waals surface area contributed by atoms with Gasteiger partial charge in [-0.3, -0.25) is 0 Å². The molecule has 0 amide bonds. The second-order valence-corrected chi connectivity index (χ2v) is 5.48. The Balaban J connectivity index is 1.72. The van der Waals surface area contributed by atoms with Gasteiger partial charge in [-0.25, -0.2) is 0 Å². The van der Waals surface area contributed by atoms with E-state index in [1.54, 1.807) is 0 Å². The zero-order chi connectivity index (χ0) is 9.97. The van der Waals surface area contributed by atoms with Crippen LogP contribution >= 0.6 is 0 Å². The van der Waals surface area contributed by atoms with E-state index in [0.717, 1.165) is 23.9 Å². The third-order valence-corrected chi connectivity index (χ3v) is 4.21. The highest BCUT2D eigenvalue weighted by Crippen LogP contribution is 2.33. The summed E-state index contributed by atoms with van der Waals surface area (Å²) in [7, 11) is 0. The van der Waals surface area contributed by atoms with Gasteiger partial charge in [-0.05, 0) is 51.4 Å². The summed E-state index contributed by atoms with van der Waals surface area (Å²) in [5, 5.41) is 3.81. The van der Waals surface area contributed by atoms with E-state index in [2.05, 4.69) is 19.2 Å². The molecule has 0 spiro atoms. The van der Waals surface area contributed by atoms with Crippen LogP contribution in [0, 0.1) is 11.8 Å². The molecule has 0 aromatic carbocycles. The molecule has 0 aliphatic heterocycles. The lowest BCUT2D eigenvalue weighted by atomic mass is 9.84. The summed E-state index contributed by atoms with van der Waals surface area (Å²) < 4.78 is 0. The van der Waals surface area contributed by atoms with Gasteiger partial charge in [-0.1, -0.05) is 19.3 Å². The fourth-order valence-corrected chi connectivity index (χ4v) is 2.92. The fraction of sp³-hybridized carbons (Fsp3) is 1.00. The maximum Gasteiger partial charge on any atom is 0.00695 e. The summed E-state index contributed by atoms with van der Waals surface area (Å²) >= 11 is 0.